The Bertz CT molecular complexity index is 86.6. The van der Waals surface area contributed by atoms with Gasteiger partial charge in [0.25, 0.3) is 30.0 Å². The zero-order chi connectivity index (χ0) is 9.78. The second kappa shape index (κ2) is 12.9. The fourth-order valence-electron chi connectivity index (χ4n) is 0.782. The number of unbranched alkanes of at least 4 members (excludes halogenated alkanes) is 1. The van der Waals surface area contributed by atoms with Gasteiger partial charge in [-0.25, -0.2) is 0 Å². The molecule has 0 aromatic carbocycles. The van der Waals surface area contributed by atoms with E-state index in [9.17, 15) is 0 Å². The molecule has 0 radical (unpaired) electrons. The smallest absolute Gasteiger partial charge is 0.286 e. The number of hydrogen-bond donors (Lipinski definition) is 0. The second-order valence-electron chi connectivity index (χ2n) is 2.67. The first kappa shape index (κ1) is 13.9. The molecular weight excluding hydrogens is 252 g/mol. The van der Waals surface area contributed by atoms with Crippen molar-refractivity contribution < 1.29 is 16.5 Å². The van der Waals surface area contributed by atoms with E-state index in [0.29, 0.717) is 0 Å². The van der Waals surface area contributed by atoms with Crippen LogP contribution in [0, 0.1) is 0 Å². The molecule has 0 aromatic heterocycles. The van der Waals surface area contributed by atoms with Crippen LogP contribution in [0.25, 0.3) is 0 Å². The first-order chi connectivity index (χ1) is 6.41. The van der Waals surface area contributed by atoms with Crippen LogP contribution >= 0.6 is 0 Å². The highest BCUT2D eigenvalue weighted by atomic mass is 28.4. The van der Waals surface area contributed by atoms with Gasteiger partial charge in [0.2, 0.25) is 0 Å². The topological polar surface area (TPSA) is 36.9 Å². The van der Waals surface area contributed by atoms with Crippen LogP contribution in [0.3, 0.4) is 0 Å². The molecule has 4 nitrogen and oxygen atoms in total. The molecule has 0 saturated carbocycles. The summed E-state index contributed by atoms with van der Waals surface area (Å²) in [5.41, 5.74) is 0. The first-order valence-corrected chi connectivity index (χ1v) is 10.5. The van der Waals surface area contributed by atoms with E-state index in [-0.39, 0.29) is 9.76 Å². The summed E-state index contributed by atoms with van der Waals surface area (Å²) in [6.07, 6.45) is 2.59. The average molecular weight is 273 g/mol. The van der Waals surface area contributed by atoms with Gasteiger partial charge in [-0.1, -0.05) is 19.8 Å². The highest BCUT2D eigenvalue weighted by Gasteiger charge is 1.92. The van der Waals surface area contributed by atoms with Gasteiger partial charge in [-0.15, -0.1) is 0 Å². The maximum Gasteiger partial charge on any atom is 0.286 e. The van der Waals surface area contributed by atoms with Crippen LogP contribution in [-0.2, 0) is 16.5 Å². The minimum atomic E-state index is -0.721. The normalized spacial score (nSPS) is 14.5. The quantitative estimate of drug-likeness (QED) is 0.307. The molecule has 0 amide bonds. The van der Waals surface area contributed by atoms with E-state index in [2.05, 4.69) is 6.92 Å². The van der Waals surface area contributed by atoms with Crippen LogP contribution in [0.2, 0.25) is 6.04 Å². The molecule has 0 rings (SSSR count). The molecule has 0 bridgehead atoms. The molecule has 0 unspecified atom stereocenters. The molecule has 0 aliphatic carbocycles. The molecule has 0 aromatic rings. The van der Waals surface area contributed by atoms with Gasteiger partial charge < -0.3 is 16.5 Å². The molecule has 80 valence electrons. The maximum atomic E-state index is 5.51. The lowest BCUT2D eigenvalue weighted by molar-refractivity contribution is 0.407. The highest BCUT2D eigenvalue weighted by Crippen LogP contribution is 1.92. The van der Waals surface area contributed by atoms with Crippen LogP contribution in [0.15, 0.2) is 0 Å². The molecule has 0 atom stereocenters. The molecule has 0 fully saturated rings. The summed E-state index contributed by atoms with van der Waals surface area (Å²) in [6, 6.07) is 1.30. The average Bonchev–Trinajstić information content (AvgIpc) is 2.16. The minimum absolute atomic E-state index is 0.249. The van der Waals surface area contributed by atoms with E-state index < -0.39 is 30.0 Å². The zero-order valence-electron chi connectivity index (χ0n) is 8.58. The fraction of sp³-hybridized carbons (Fsp3) is 1.00. The lowest BCUT2D eigenvalue weighted by Gasteiger charge is -2.05. The number of hydrogen-bond acceptors (Lipinski definition) is 4. The van der Waals surface area contributed by atoms with Crippen molar-refractivity contribution >= 4 is 50.3 Å². The largest absolute Gasteiger partial charge is 0.449 e. The highest BCUT2D eigenvalue weighted by molar-refractivity contribution is 6.46. The van der Waals surface area contributed by atoms with Crippen LogP contribution in [0.5, 0.6) is 0 Å². The van der Waals surface area contributed by atoms with Crippen LogP contribution in [-0.4, -0.2) is 50.3 Å². The maximum absolute atomic E-state index is 5.51. The van der Waals surface area contributed by atoms with Crippen molar-refractivity contribution in [3.63, 3.8) is 0 Å². The van der Waals surface area contributed by atoms with Crippen molar-refractivity contribution in [2.24, 2.45) is 0 Å². The summed E-state index contributed by atoms with van der Waals surface area (Å²) in [5, 5.41) is 0. The van der Waals surface area contributed by atoms with Crippen LogP contribution in [0.1, 0.15) is 19.8 Å². The summed E-state index contributed by atoms with van der Waals surface area (Å²) in [4.78, 5) is 0. The Labute approximate surface area is 92.7 Å². The van der Waals surface area contributed by atoms with E-state index in [1.807, 2.05) is 0 Å². The van der Waals surface area contributed by atoms with Gasteiger partial charge in [0.1, 0.15) is 20.2 Å². The third-order valence-electron chi connectivity index (χ3n) is 1.43. The van der Waals surface area contributed by atoms with E-state index in [0.717, 1.165) is 10.5 Å². The molecule has 0 N–H and O–H groups in total. The molecule has 13 heavy (non-hydrogen) atoms. The Morgan fingerprint density at radius 3 is 2.46 bits per heavy atom. The fourth-order valence-corrected chi connectivity index (χ4v) is 8.55. The summed E-state index contributed by atoms with van der Waals surface area (Å²) in [5.74, 6) is 0. The molecule has 0 aliphatic rings. The summed E-state index contributed by atoms with van der Waals surface area (Å²) < 4.78 is 21.1. The second-order valence-corrected chi connectivity index (χ2v) is 11.7. The molecular formula is C4H20O4Si5. The van der Waals surface area contributed by atoms with E-state index in [1.165, 1.54) is 18.9 Å². The van der Waals surface area contributed by atoms with Crippen molar-refractivity contribution in [3.8, 4) is 0 Å². The van der Waals surface area contributed by atoms with Gasteiger partial charge in [-0.3, -0.25) is 0 Å². The van der Waals surface area contributed by atoms with Crippen molar-refractivity contribution in [1.82, 2.24) is 0 Å². The minimum Gasteiger partial charge on any atom is -0.449 e. The molecule has 0 spiro atoms. The van der Waals surface area contributed by atoms with Gasteiger partial charge in [0.15, 0.2) is 0 Å². The van der Waals surface area contributed by atoms with Gasteiger partial charge in [-0.05, 0) is 6.04 Å². The van der Waals surface area contributed by atoms with Gasteiger partial charge >= 0.3 is 0 Å². The van der Waals surface area contributed by atoms with Gasteiger partial charge in [-0.2, -0.15) is 0 Å². The monoisotopic (exact) mass is 272 g/mol. The molecule has 0 aliphatic heterocycles. The predicted molar refractivity (Wildman–Crippen MR) is 68.2 cm³/mol. The van der Waals surface area contributed by atoms with Crippen molar-refractivity contribution in [1.29, 1.82) is 0 Å². The van der Waals surface area contributed by atoms with Crippen LogP contribution < -0.4 is 0 Å². The van der Waals surface area contributed by atoms with Crippen LogP contribution in [0.4, 0.5) is 0 Å². The van der Waals surface area contributed by atoms with Crippen molar-refractivity contribution in [2.45, 2.75) is 25.8 Å². The Hall–Kier alpha value is 0.924. The predicted octanol–water partition coefficient (Wildman–Crippen LogP) is -3.37. The van der Waals surface area contributed by atoms with E-state index in [1.54, 1.807) is 0 Å². The van der Waals surface area contributed by atoms with Crippen molar-refractivity contribution in [2.75, 3.05) is 0 Å². The summed E-state index contributed by atoms with van der Waals surface area (Å²) >= 11 is 0. The summed E-state index contributed by atoms with van der Waals surface area (Å²) in [7, 11) is -1.49. The Balaban J connectivity index is 2.76. The third-order valence-corrected chi connectivity index (χ3v) is 7.65. The lowest BCUT2D eigenvalue weighted by Crippen LogP contribution is -2.15. The van der Waals surface area contributed by atoms with Gasteiger partial charge in [0.05, 0.1) is 0 Å². The Kier molecular flexibility index (Phi) is 13.8. The van der Waals surface area contributed by atoms with Gasteiger partial charge in [0, 0.05) is 0 Å². The van der Waals surface area contributed by atoms with Crippen molar-refractivity contribution in [3.05, 3.63) is 0 Å². The molecule has 0 heterocycles. The number of rotatable bonds is 10. The molecule has 9 heteroatoms. The van der Waals surface area contributed by atoms with E-state index in [4.69, 9.17) is 16.5 Å². The first-order valence-electron chi connectivity index (χ1n) is 4.64. The third kappa shape index (κ3) is 12.9. The lowest BCUT2D eigenvalue weighted by atomic mass is 10.4. The van der Waals surface area contributed by atoms with E-state index >= 15 is 0 Å². The Morgan fingerprint density at radius 2 is 1.77 bits per heavy atom. The standard InChI is InChI=1S/C4H20O4Si5/c1-2-3-4-10-6-12-8-13-7-11-5-9/h2-4,10-13H2,1,9H3. The Morgan fingerprint density at radius 1 is 1.08 bits per heavy atom. The zero-order valence-corrected chi connectivity index (χ0v) is 16.2. The molecule has 0 saturated heterocycles. The SMILES string of the molecule is CCCC[SiH2]O[SiH2]O[SiH2]O[SiH2]O[SiH3]. The summed E-state index contributed by atoms with van der Waals surface area (Å²) in [6.45, 7) is 2.21.